The Kier molecular flexibility index (Phi) is 5.89. The number of anilines is 1. The largest absolute Gasteiger partial charge is 0.481 e. The van der Waals surface area contributed by atoms with Gasteiger partial charge >= 0.3 is 12.0 Å². The molecule has 1 atom stereocenters. The molecule has 2 amide bonds. The molecule has 0 fully saturated rings. The first kappa shape index (κ1) is 15.9. The van der Waals surface area contributed by atoms with E-state index in [0.29, 0.717) is 12.8 Å². The fourth-order valence-electron chi connectivity index (χ4n) is 1.74. The lowest BCUT2D eigenvalue weighted by Crippen LogP contribution is -2.39. The quantitative estimate of drug-likeness (QED) is 0.752. The van der Waals surface area contributed by atoms with Crippen molar-refractivity contribution in [2.24, 2.45) is 0 Å². The third kappa shape index (κ3) is 4.83. The number of aliphatic carboxylic acids is 1. The standard InChI is InChI=1S/C13H16F2N2O3/c1-2-4-8(7-11(18)19)16-13(20)17-12-9(14)5-3-6-10(12)15/h3,5-6,8H,2,4,7H2,1H3,(H,18,19)(H2,16,17,20). The van der Waals surface area contributed by atoms with E-state index in [4.69, 9.17) is 5.11 Å². The van der Waals surface area contributed by atoms with Crippen molar-refractivity contribution in [1.29, 1.82) is 0 Å². The average molecular weight is 286 g/mol. The molecule has 0 aromatic heterocycles. The Morgan fingerprint density at radius 3 is 2.40 bits per heavy atom. The van der Waals surface area contributed by atoms with Gasteiger partial charge in [-0.2, -0.15) is 0 Å². The minimum absolute atomic E-state index is 0.249. The molecule has 0 aliphatic heterocycles. The van der Waals surface area contributed by atoms with E-state index >= 15 is 0 Å². The maximum Gasteiger partial charge on any atom is 0.319 e. The number of halogens is 2. The van der Waals surface area contributed by atoms with Gasteiger partial charge in [0, 0.05) is 6.04 Å². The van der Waals surface area contributed by atoms with Gasteiger partial charge in [0.15, 0.2) is 0 Å². The molecule has 0 radical (unpaired) electrons. The fourth-order valence-corrected chi connectivity index (χ4v) is 1.74. The molecule has 5 nitrogen and oxygen atoms in total. The number of urea groups is 1. The highest BCUT2D eigenvalue weighted by atomic mass is 19.1. The summed E-state index contributed by atoms with van der Waals surface area (Å²) in [6.07, 6.45) is 0.882. The topological polar surface area (TPSA) is 78.4 Å². The number of carbonyl (C=O) groups is 2. The van der Waals surface area contributed by atoms with Crippen molar-refractivity contribution in [1.82, 2.24) is 5.32 Å². The predicted molar refractivity (Wildman–Crippen MR) is 69.5 cm³/mol. The Morgan fingerprint density at radius 1 is 1.30 bits per heavy atom. The van der Waals surface area contributed by atoms with E-state index in [1.165, 1.54) is 6.07 Å². The third-order valence-corrected chi connectivity index (χ3v) is 2.59. The number of benzene rings is 1. The Balaban J connectivity index is 2.68. The normalized spacial score (nSPS) is 11.8. The molecule has 110 valence electrons. The number of rotatable bonds is 6. The number of hydrogen-bond donors (Lipinski definition) is 3. The summed E-state index contributed by atoms with van der Waals surface area (Å²) in [7, 11) is 0. The Bertz CT molecular complexity index is 474. The number of carboxylic acids is 1. The zero-order valence-electron chi connectivity index (χ0n) is 11.0. The summed E-state index contributed by atoms with van der Waals surface area (Å²) in [5.74, 6) is -2.85. The molecule has 0 spiro atoms. The van der Waals surface area contributed by atoms with Gasteiger partial charge in [-0.15, -0.1) is 0 Å². The molecule has 0 heterocycles. The third-order valence-electron chi connectivity index (χ3n) is 2.59. The van der Waals surface area contributed by atoms with Gasteiger partial charge < -0.3 is 15.7 Å². The van der Waals surface area contributed by atoms with Crippen LogP contribution in [0.2, 0.25) is 0 Å². The first-order valence-electron chi connectivity index (χ1n) is 6.17. The average Bonchev–Trinajstić information content (AvgIpc) is 2.33. The number of carboxylic acid groups (broad SMARTS) is 1. The monoisotopic (exact) mass is 286 g/mol. The molecular formula is C13H16F2N2O3. The van der Waals surface area contributed by atoms with E-state index in [9.17, 15) is 18.4 Å². The van der Waals surface area contributed by atoms with Gasteiger partial charge in [0.25, 0.3) is 0 Å². The van der Waals surface area contributed by atoms with E-state index in [1.807, 2.05) is 12.2 Å². The van der Waals surface area contributed by atoms with Gasteiger partial charge in [0.2, 0.25) is 0 Å². The van der Waals surface area contributed by atoms with E-state index in [0.717, 1.165) is 12.1 Å². The van der Waals surface area contributed by atoms with Crippen LogP contribution in [0.1, 0.15) is 26.2 Å². The second kappa shape index (κ2) is 7.42. The molecule has 0 aliphatic carbocycles. The Hall–Kier alpha value is -2.18. The lowest BCUT2D eigenvalue weighted by molar-refractivity contribution is -0.137. The van der Waals surface area contributed by atoms with Crippen LogP contribution in [0.5, 0.6) is 0 Å². The summed E-state index contributed by atoms with van der Waals surface area (Å²) in [6.45, 7) is 1.84. The summed E-state index contributed by atoms with van der Waals surface area (Å²) in [4.78, 5) is 22.3. The highest BCUT2D eigenvalue weighted by molar-refractivity contribution is 5.90. The maximum atomic E-state index is 13.3. The highest BCUT2D eigenvalue weighted by Crippen LogP contribution is 2.17. The molecule has 7 heteroatoms. The van der Waals surface area contributed by atoms with Gasteiger partial charge in [0.1, 0.15) is 17.3 Å². The van der Waals surface area contributed by atoms with Crippen LogP contribution in [0.3, 0.4) is 0 Å². The summed E-state index contributed by atoms with van der Waals surface area (Å²) in [6, 6.07) is 1.78. The van der Waals surface area contributed by atoms with Crippen molar-refractivity contribution in [3.8, 4) is 0 Å². The van der Waals surface area contributed by atoms with Crippen molar-refractivity contribution >= 4 is 17.7 Å². The van der Waals surface area contributed by atoms with Crippen LogP contribution in [-0.2, 0) is 4.79 Å². The summed E-state index contributed by atoms with van der Waals surface area (Å²) < 4.78 is 26.7. The molecule has 1 rings (SSSR count). The first-order chi connectivity index (χ1) is 9.43. The maximum absolute atomic E-state index is 13.3. The molecule has 1 unspecified atom stereocenters. The van der Waals surface area contributed by atoms with Crippen LogP contribution in [-0.4, -0.2) is 23.1 Å². The van der Waals surface area contributed by atoms with Gasteiger partial charge in [-0.05, 0) is 18.6 Å². The SMILES string of the molecule is CCCC(CC(=O)O)NC(=O)Nc1c(F)cccc1F. The van der Waals surface area contributed by atoms with Crippen LogP contribution in [0, 0.1) is 11.6 Å². The van der Waals surface area contributed by atoms with Crippen LogP contribution < -0.4 is 10.6 Å². The van der Waals surface area contributed by atoms with E-state index in [-0.39, 0.29) is 6.42 Å². The molecule has 20 heavy (non-hydrogen) atoms. The van der Waals surface area contributed by atoms with Gasteiger partial charge in [-0.3, -0.25) is 4.79 Å². The second-order valence-corrected chi connectivity index (χ2v) is 4.28. The minimum Gasteiger partial charge on any atom is -0.481 e. The summed E-state index contributed by atoms with van der Waals surface area (Å²) >= 11 is 0. The lowest BCUT2D eigenvalue weighted by Gasteiger charge is -2.17. The second-order valence-electron chi connectivity index (χ2n) is 4.28. The Labute approximate surface area is 115 Å². The molecular weight excluding hydrogens is 270 g/mol. The smallest absolute Gasteiger partial charge is 0.319 e. The zero-order chi connectivity index (χ0) is 15.1. The van der Waals surface area contributed by atoms with Crippen molar-refractivity contribution in [3.05, 3.63) is 29.8 Å². The predicted octanol–water partition coefficient (Wildman–Crippen LogP) is 2.73. The molecule has 1 aromatic rings. The lowest BCUT2D eigenvalue weighted by atomic mass is 10.1. The van der Waals surface area contributed by atoms with E-state index in [2.05, 4.69) is 5.32 Å². The minimum atomic E-state index is -1.05. The van der Waals surface area contributed by atoms with Gasteiger partial charge in [-0.1, -0.05) is 19.4 Å². The number of nitrogens with one attached hydrogen (secondary N) is 2. The molecule has 0 bridgehead atoms. The van der Waals surface area contributed by atoms with Crippen LogP contribution in [0.4, 0.5) is 19.3 Å². The van der Waals surface area contributed by atoms with Crippen molar-refractivity contribution in [3.63, 3.8) is 0 Å². The van der Waals surface area contributed by atoms with Crippen LogP contribution in [0.25, 0.3) is 0 Å². The molecule has 0 aliphatic rings. The summed E-state index contributed by atoms with van der Waals surface area (Å²) in [5, 5.41) is 13.1. The number of para-hydroxylation sites is 1. The molecule has 3 N–H and O–H groups in total. The Morgan fingerprint density at radius 2 is 1.90 bits per heavy atom. The van der Waals surface area contributed by atoms with Gasteiger partial charge in [0.05, 0.1) is 6.42 Å². The number of amides is 2. The molecule has 0 saturated heterocycles. The molecule has 0 saturated carbocycles. The molecule has 1 aromatic carbocycles. The van der Waals surface area contributed by atoms with E-state index in [1.54, 1.807) is 0 Å². The summed E-state index contributed by atoms with van der Waals surface area (Å²) in [5.41, 5.74) is -0.560. The number of carbonyl (C=O) groups excluding carboxylic acids is 1. The first-order valence-corrected chi connectivity index (χ1v) is 6.17. The fraction of sp³-hybridized carbons (Fsp3) is 0.385. The van der Waals surface area contributed by atoms with E-state index < -0.39 is 35.4 Å². The zero-order valence-corrected chi connectivity index (χ0v) is 11.0. The van der Waals surface area contributed by atoms with Crippen LogP contribution in [0.15, 0.2) is 18.2 Å². The van der Waals surface area contributed by atoms with Crippen LogP contribution >= 0.6 is 0 Å². The van der Waals surface area contributed by atoms with Gasteiger partial charge in [-0.25, -0.2) is 13.6 Å². The van der Waals surface area contributed by atoms with Crippen molar-refractivity contribution in [2.75, 3.05) is 5.32 Å². The van der Waals surface area contributed by atoms with Crippen molar-refractivity contribution < 1.29 is 23.5 Å². The number of hydrogen-bond acceptors (Lipinski definition) is 2. The highest BCUT2D eigenvalue weighted by Gasteiger charge is 2.17. The van der Waals surface area contributed by atoms with Crippen molar-refractivity contribution in [2.45, 2.75) is 32.2 Å².